The van der Waals surface area contributed by atoms with Crippen LogP contribution in [-0.2, 0) is 9.59 Å². The van der Waals surface area contributed by atoms with Gasteiger partial charge >= 0.3 is 5.97 Å². The van der Waals surface area contributed by atoms with Gasteiger partial charge in [-0.05, 0) is 18.3 Å². The standard InChI is InChI=1S/C13H25NO3/c1-7-9(8-2)14(6)11(15)10(12(16)17)13(3,4)5/h9-10H,7-8H2,1-6H3,(H,16,17). The fraction of sp³-hybridized carbons (Fsp3) is 0.846. The Morgan fingerprint density at radius 1 is 1.18 bits per heavy atom. The Morgan fingerprint density at radius 2 is 1.59 bits per heavy atom. The van der Waals surface area contributed by atoms with Crippen molar-refractivity contribution in [1.29, 1.82) is 0 Å². The molecule has 0 radical (unpaired) electrons. The van der Waals surface area contributed by atoms with Gasteiger partial charge in [0.05, 0.1) is 0 Å². The van der Waals surface area contributed by atoms with Crippen molar-refractivity contribution < 1.29 is 14.7 Å². The van der Waals surface area contributed by atoms with E-state index in [9.17, 15) is 14.7 Å². The van der Waals surface area contributed by atoms with E-state index in [1.54, 1.807) is 32.7 Å². The maximum atomic E-state index is 12.2. The van der Waals surface area contributed by atoms with Gasteiger partial charge in [0.25, 0.3) is 0 Å². The summed E-state index contributed by atoms with van der Waals surface area (Å²) < 4.78 is 0. The van der Waals surface area contributed by atoms with E-state index in [1.165, 1.54) is 0 Å². The molecule has 0 saturated carbocycles. The molecular weight excluding hydrogens is 218 g/mol. The minimum absolute atomic E-state index is 0.117. The Morgan fingerprint density at radius 3 is 1.82 bits per heavy atom. The highest BCUT2D eigenvalue weighted by atomic mass is 16.4. The topological polar surface area (TPSA) is 57.6 Å². The second-order valence-corrected chi connectivity index (χ2v) is 5.56. The third-order valence-electron chi connectivity index (χ3n) is 3.20. The summed E-state index contributed by atoms with van der Waals surface area (Å²) in [7, 11) is 1.70. The fourth-order valence-corrected chi connectivity index (χ4v) is 2.07. The van der Waals surface area contributed by atoms with E-state index < -0.39 is 17.3 Å². The summed E-state index contributed by atoms with van der Waals surface area (Å²) in [5, 5.41) is 9.21. The molecule has 0 aliphatic carbocycles. The van der Waals surface area contributed by atoms with Crippen LogP contribution < -0.4 is 0 Å². The largest absolute Gasteiger partial charge is 0.481 e. The SMILES string of the molecule is CCC(CC)N(C)C(=O)C(C(=O)O)C(C)(C)C. The van der Waals surface area contributed by atoms with E-state index in [4.69, 9.17) is 0 Å². The quantitative estimate of drug-likeness (QED) is 0.754. The molecule has 1 atom stereocenters. The lowest BCUT2D eigenvalue weighted by Crippen LogP contribution is -2.47. The first-order chi connectivity index (χ1) is 7.66. The highest BCUT2D eigenvalue weighted by Gasteiger charge is 2.40. The van der Waals surface area contributed by atoms with Crippen LogP contribution in [-0.4, -0.2) is 35.0 Å². The first kappa shape index (κ1) is 15.9. The number of hydrogen-bond donors (Lipinski definition) is 1. The van der Waals surface area contributed by atoms with Gasteiger partial charge in [0.15, 0.2) is 0 Å². The molecule has 0 fully saturated rings. The second kappa shape index (κ2) is 6.03. The number of carboxylic acids is 1. The van der Waals surface area contributed by atoms with Crippen molar-refractivity contribution in [3.63, 3.8) is 0 Å². The highest BCUT2D eigenvalue weighted by Crippen LogP contribution is 2.28. The molecule has 1 amide bonds. The zero-order chi connectivity index (χ0) is 13.8. The summed E-state index contributed by atoms with van der Waals surface area (Å²) in [5.74, 6) is -2.31. The van der Waals surface area contributed by atoms with Crippen molar-refractivity contribution in [2.24, 2.45) is 11.3 Å². The lowest BCUT2D eigenvalue weighted by molar-refractivity contribution is -0.156. The third kappa shape index (κ3) is 4.02. The van der Waals surface area contributed by atoms with Crippen molar-refractivity contribution >= 4 is 11.9 Å². The van der Waals surface area contributed by atoms with Crippen LogP contribution in [0.3, 0.4) is 0 Å². The molecule has 17 heavy (non-hydrogen) atoms. The van der Waals surface area contributed by atoms with Gasteiger partial charge in [-0.15, -0.1) is 0 Å². The van der Waals surface area contributed by atoms with E-state index in [-0.39, 0.29) is 11.9 Å². The molecule has 0 bridgehead atoms. The molecule has 0 aliphatic heterocycles. The first-order valence-electron chi connectivity index (χ1n) is 6.16. The average molecular weight is 243 g/mol. The van der Waals surface area contributed by atoms with E-state index in [0.717, 1.165) is 12.8 Å². The predicted molar refractivity (Wildman–Crippen MR) is 67.7 cm³/mol. The van der Waals surface area contributed by atoms with Crippen molar-refractivity contribution in [2.75, 3.05) is 7.05 Å². The zero-order valence-corrected chi connectivity index (χ0v) is 11.8. The molecule has 1 N–H and O–H groups in total. The minimum atomic E-state index is -1.04. The van der Waals surface area contributed by atoms with Crippen LogP contribution in [0.1, 0.15) is 47.5 Å². The van der Waals surface area contributed by atoms with Gasteiger partial charge in [-0.2, -0.15) is 0 Å². The lowest BCUT2D eigenvalue weighted by Gasteiger charge is -2.33. The number of amides is 1. The van der Waals surface area contributed by atoms with E-state index in [1.807, 2.05) is 13.8 Å². The summed E-state index contributed by atoms with van der Waals surface area (Å²) in [6.45, 7) is 9.36. The van der Waals surface area contributed by atoms with Crippen LogP contribution in [0.15, 0.2) is 0 Å². The molecule has 4 nitrogen and oxygen atoms in total. The molecule has 0 aromatic heterocycles. The van der Waals surface area contributed by atoms with Crippen LogP contribution in [0.2, 0.25) is 0 Å². The summed E-state index contributed by atoms with van der Waals surface area (Å²) >= 11 is 0. The van der Waals surface area contributed by atoms with Gasteiger partial charge in [-0.25, -0.2) is 0 Å². The smallest absolute Gasteiger partial charge is 0.316 e. The molecule has 100 valence electrons. The van der Waals surface area contributed by atoms with E-state index >= 15 is 0 Å². The molecule has 0 heterocycles. The molecular formula is C13H25NO3. The molecule has 0 aliphatic rings. The lowest BCUT2D eigenvalue weighted by atomic mass is 9.79. The molecule has 0 saturated heterocycles. The number of carbonyl (C=O) groups excluding carboxylic acids is 1. The Bertz CT molecular complexity index is 277. The molecule has 1 unspecified atom stereocenters. The molecule has 0 rings (SSSR count). The molecule has 0 aromatic rings. The minimum Gasteiger partial charge on any atom is -0.481 e. The van der Waals surface area contributed by atoms with Crippen molar-refractivity contribution in [3.05, 3.63) is 0 Å². The van der Waals surface area contributed by atoms with Crippen LogP contribution in [0, 0.1) is 11.3 Å². The van der Waals surface area contributed by atoms with Gasteiger partial charge < -0.3 is 10.0 Å². The number of aliphatic carboxylic acids is 1. The highest BCUT2D eigenvalue weighted by molar-refractivity contribution is 5.97. The Labute approximate surface area is 104 Å². The van der Waals surface area contributed by atoms with Gasteiger partial charge in [0.2, 0.25) is 5.91 Å². The predicted octanol–water partition coefficient (Wildman–Crippen LogP) is 2.38. The number of carboxylic acid groups (broad SMARTS) is 1. The normalized spacial score (nSPS) is 13.6. The summed E-state index contributed by atoms with van der Waals surface area (Å²) in [5.41, 5.74) is -0.566. The van der Waals surface area contributed by atoms with E-state index in [0.29, 0.717) is 0 Å². The van der Waals surface area contributed by atoms with Crippen molar-refractivity contribution in [1.82, 2.24) is 4.90 Å². The first-order valence-corrected chi connectivity index (χ1v) is 6.16. The van der Waals surface area contributed by atoms with Crippen LogP contribution in [0.5, 0.6) is 0 Å². The van der Waals surface area contributed by atoms with E-state index in [2.05, 4.69) is 0 Å². The number of nitrogens with zero attached hydrogens (tertiary/aromatic N) is 1. The Balaban J connectivity index is 5.04. The number of rotatable bonds is 5. The fourth-order valence-electron chi connectivity index (χ4n) is 2.07. The zero-order valence-electron chi connectivity index (χ0n) is 11.8. The van der Waals surface area contributed by atoms with Crippen LogP contribution >= 0.6 is 0 Å². The number of hydrogen-bond acceptors (Lipinski definition) is 2. The second-order valence-electron chi connectivity index (χ2n) is 5.56. The van der Waals surface area contributed by atoms with Gasteiger partial charge in [0.1, 0.15) is 5.92 Å². The summed E-state index contributed by atoms with van der Waals surface area (Å²) in [6.07, 6.45) is 1.68. The molecule has 4 heteroatoms. The monoisotopic (exact) mass is 243 g/mol. The van der Waals surface area contributed by atoms with Crippen LogP contribution in [0.4, 0.5) is 0 Å². The maximum absolute atomic E-state index is 12.2. The van der Waals surface area contributed by atoms with Crippen LogP contribution in [0.25, 0.3) is 0 Å². The molecule has 0 aromatic carbocycles. The van der Waals surface area contributed by atoms with Gasteiger partial charge in [-0.1, -0.05) is 34.6 Å². The number of carbonyl (C=O) groups is 2. The van der Waals surface area contributed by atoms with Gasteiger partial charge in [0, 0.05) is 13.1 Å². The summed E-state index contributed by atoms with van der Waals surface area (Å²) in [4.78, 5) is 25.1. The van der Waals surface area contributed by atoms with Gasteiger partial charge in [-0.3, -0.25) is 9.59 Å². The average Bonchev–Trinajstić information content (AvgIpc) is 2.16. The maximum Gasteiger partial charge on any atom is 0.316 e. The molecule has 0 spiro atoms. The van der Waals surface area contributed by atoms with Crippen molar-refractivity contribution in [3.8, 4) is 0 Å². The Kier molecular flexibility index (Phi) is 5.66. The van der Waals surface area contributed by atoms with Crippen molar-refractivity contribution in [2.45, 2.75) is 53.5 Å². The summed E-state index contributed by atoms with van der Waals surface area (Å²) in [6, 6.07) is 0.117. The Hall–Kier alpha value is -1.06. The third-order valence-corrected chi connectivity index (χ3v) is 3.20.